The van der Waals surface area contributed by atoms with Crippen LogP contribution in [0.5, 0.6) is 5.75 Å². The molecule has 2 aromatic rings. The molecule has 1 aliphatic heterocycles. The second kappa shape index (κ2) is 9.12. The van der Waals surface area contributed by atoms with E-state index in [-0.39, 0.29) is 27.7 Å². The lowest BCUT2D eigenvalue weighted by Crippen LogP contribution is -2.32. The first-order chi connectivity index (χ1) is 14.3. The van der Waals surface area contributed by atoms with Gasteiger partial charge in [0.15, 0.2) is 0 Å². The Bertz CT molecular complexity index is 1050. The zero-order chi connectivity index (χ0) is 21.7. The molecule has 1 N–H and O–H groups in total. The zero-order valence-electron chi connectivity index (χ0n) is 16.5. The maximum atomic E-state index is 13.0. The minimum atomic E-state index is -4.07. The van der Waals surface area contributed by atoms with E-state index >= 15 is 0 Å². The van der Waals surface area contributed by atoms with Crippen LogP contribution < -0.4 is 9.46 Å². The van der Waals surface area contributed by atoms with Crippen LogP contribution in [0.25, 0.3) is 0 Å². The van der Waals surface area contributed by atoms with E-state index in [4.69, 9.17) is 4.74 Å². The summed E-state index contributed by atoms with van der Waals surface area (Å²) in [5.74, 6) is 0.0136. The highest BCUT2D eigenvalue weighted by Gasteiger charge is 2.24. The maximum Gasteiger partial charge on any atom is 0.271 e. The van der Waals surface area contributed by atoms with Gasteiger partial charge in [0.05, 0.1) is 28.2 Å². The van der Waals surface area contributed by atoms with Crippen LogP contribution in [0.4, 0.5) is 11.4 Å². The number of nitro benzene ring substituents is 1. The number of nitrogens with zero attached hydrogens (tertiary/aromatic N) is 2. The topological polar surface area (TPSA) is 119 Å². The number of carbonyl (C=O) groups is 1. The lowest BCUT2D eigenvalue weighted by molar-refractivity contribution is -0.384. The number of methoxy groups -OCH3 is 1. The number of hydrogen-bond acceptors (Lipinski definition) is 6. The quantitative estimate of drug-likeness (QED) is 0.551. The van der Waals surface area contributed by atoms with Gasteiger partial charge in [-0.25, -0.2) is 8.42 Å². The lowest BCUT2D eigenvalue weighted by Gasteiger charge is -2.22. The van der Waals surface area contributed by atoms with Gasteiger partial charge in [0.25, 0.3) is 21.6 Å². The first-order valence-corrected chi connectivity index (χ1v) is 11.0. The van der Waals surface area contributed by atoms with Crippen LogP contribution in [0, 0.1) is 10.1 Å². The van der Waals surface area contributed by atoms with Gasteiger partial charge in [0.2, 0.25) is 0 Å². The summed E-state index contributed by atoms with van der Waals surface area (Å²) in [6.45, 7) is 1.23. The summed E-state index contributed by atoms with van der Waals surface area (Å²) in [6.07, 6.45) is 3.92. The molecule has 0 atom stereocenters. The van der Waals surface area contributed by atoms with Crippen molar-refractivity contribution in [3.05, 3.63) is 58.1 Å². The smallest absolute Gasteiger partial charge is 0.271 e. The van der Waals surface area contributed by atoms with Crippen molar-refractivity contribution < 1.29 is 22.9 Å². The van der Waals surface area contributed by atoms with Gasteiger partial charge < -0.3 is 9.64 Å². The predicted octanol–water partition coefficient (Wildman–Crippen LogP) is 3.42. The van der Waals surface area contributed by atoms with Gasteiger partial charge in [0, 0.05) is 25.2 Å². The zero-order valence-corrected chi connectivity index (χ0v) is 17.4. The molecule has 0 radical (unpaired) electrons. The highest BCUT2D eigenvalue weighted by molar-refractivity contribution is 7.92. The molecule has 0 spiro atoms. The van der Waals surface area contributed by atoms with Crippen LogP contribution in [0.15, 0.2) is 47.4 Å². The average Bonchev–Trinajstić information content (AvgIpc) is 3.02. The Hall–Kier alpha value is -3.14. The molecule has 1 saturated heterocycles. The van der Waals surface area contributed by atoms with Gasteiger partial charge in [-0.1, -0.05) is 18.9 Å². The van der Waals surface area contributed by atoms with E-state index in [1.54, 1.807) is 4.90 Å². The number of nitrogens with one attached hydrogen (secondary N) is 1. The Morgan fingerprint density at radius 3 is 2.43 bits per heavy atom. The van der Waals surface area contributed by atoms with Gasteiger partial charge in [-0.2, -0.15) is 0 Å². The molecular formula is C20H23N3O6S. The normalized spacial score (nSPS) is 14.6. The third-order valence-electron chi connectivity index (χ3n) is 4.91. The van der Waals surface area contributed by atoms with E-state index in [9.17, 15) is 23.3 Å². The summed E-state index contributed by atoms with van der Waals surface area (Å²) in [5, 5.41) is 10.9. The number of non-ortho nitro benzene ring substituents is 1. The fourth-order valence-electron chi connectivity index (χ4n) is 3.36. The SMILES string of the molecule is COc1ccc(S(=O)(=O)Nc2cccc([N+](=O)[O-])c2)cc1C(=O)N1CCCCCC1. The number of anilines is 1. The second-order valence-corrected chi connectivity index (χ2v) is 8.66. The van der Waals surface area contributed by atoms with Crippen LogP contribution in [0.3, 0.4) is 0 Å². The molecule has 0 bridgehead atoms. The first kappa shape index (κ1) is 21.6. The number of sulfonamides is 1. The minimum Gasteiger partial charge on any atom is -0.496 e. The highest BCUT2D eigenvalue weighted by Crippen LogP contribution is 2.27. The van der Waals surface area contributed by atoms with Gasteiger partial charge in [-0.05, 0) is 37.1 Å². The molecule has 1 fully saturated rings. The van der Waals surface area contributed by atoms with Gasteiger partial charge in [-0.3, -0.25) is 19.6 Å². The Labute approximate surface area is 174 Å². The van der Waals surface area contributed by atoms with E-state index in [2.05, 4.69) is 4.72 Å². The highest BCUT2D eigenvalue weighted by atomic mass is 32.2. The molecule has 10 heteroatoms. The molecule has 3 rings (SSSR count). The van der Waals surface area contributed by atoms with Crippen molar-refractivity contribution in [1.82, 2.24) is 4.90 Å². The third-order valence-corrected chi connectivity index (χ3v) is 6.29. The van der Waals surface area contributed by atoms with E-state index < -0.39 is 14.9 Å². The molecule has 0 aliphatic carbocycles. The first-order valence-electron chi connectivity index (χ1n) is 9.56. The van der Waals surface area contributed by atoms with Gasteiger partial charge in [-0.15, -0.1) is 0 Å². The number of nitro groups is 1. The number of rotatable bonds is 6. The van der Waals surface area contributed by atoms with Crippen molar-refractivity contribution in [1.29, 1.82) is 0 Å². The summed E-state index contributed by atoms with van der Waals surface area (Å²) < 4.78 is 33.3. The molecule has 1 amide bonds. The van der Waals surface area contributed by atoms with E-state index in [0.29, 0.717) is 18.8 Å². The summed E-state index contributed by atoms with van der Waals surface area (Å²) in [6, 6.07) is 9.25. The largest absolute Gasteiger partial charge is 0.496 e. The Kier molecular flexibility index (Phi) is 6.56. The summed E-state index contributed by atoms with van der Waals surface area (Å²) in [5.41, 5.74) is -0.0105. The number of hydrogen-bond donors (Lipinski definition) is 1. The molecule has 9 nitrogen and oxygen atoms in total. The molecule has 2 aromatic carbocycles. The third kappa shape index (κ3) is 4.88. The van der Waals surface area contributed by atoms with Crippen molar-refractivity contribution in [2.75, 3.05) is 24.9 Å². The van der Waals surface area contributed by atoms with E-state index in [1.807, 2.05) is 0 Å². The van der Waals surface area contributed by atoms with Crippen molar-refractivity contribution in [3.8, 4) is 5.75 Å². The fourth-order valence-corrected chi connectivity index (χ4v) is 4.44. The molecule has 1 aliphatic rings. The lowest BCUT2D eigenvalue weighted by atomic mass is 10.1. The Morgan fingerprint density at radius 2 is 1.80 bits per heavy atom. The number of likely N-dealkylation sites (tertiary alicyclic amines) is 1. The van der Waals surface area contributed by atoms with Crippen LogP contribution >= 0.6 is 0 Å². The second-order valence-electron chi connectivity index (χ2n) is 6.98. The molecule has 0 unspecified atom stereocenters. The molecule has 0 aromatic heterocycles. The van der Waals surface area contributed by atoms with Gasteiger partial charge in [0.1, 0.15) is 5.75 Å². The Morgan fingerprint density at radius 1 is 1.10 bits per heavy atom. The maximum absolute atomic E-state index is 13.0. The van der Waals surface area contributed by atoms with E-state index in [0.717, 1.165) is 31.7 Å². The van der Waals surface area contributed by atoms with Crippen molar-refractivity contribution in [3.63, 3.8) is 0 Å². The van der Waals surface area contributed by atoms with Gasteiger partial charge >= 0.3 is 0 Å². The number of amides is 1. The molecule has 1 heterocycles. The van der Waals surface area contributed by atoms with Crippen LogP contribution in [0.1, 0.15) is 36.0 Å². The minimum absolute atomic E-state index is 0.0559. The number of carbonyl (C=O) groups excluding carboxylic acids is 1. The summed E-state index contributed by atoms with van der Waals surface area (Å²) in [7, 11) is -2.65. The molecule has 0 saturated carbocycles. The van der Waals surface area contributed by atoms with Crippen molar-refractivity contribution >= 4 is 27.3 Å². The number of benzene rings is 2. The average molecular weight is 433 g/mol. The van der Waals surface area contributed by atoms with E-state index in [1.165, 1.54) is 43.5 Å². The van der Waals surface area contributed by atoms with Crippen molar-refractivity contribution in [2.24, 2.45) is 0 Å². The number of ether oxygens (including phenoxy) is 1. The fraction of sp³-hybridized carbons (Fsp3) is 0.350. The predicted molar refractivity (Wildman–Crippen MR) is 111 cm³/mol. The van der Waals surface area contributed by atoms with Crippen LogP contribution in [-0.2, 0) is 10.0 Å². The van der Waals surface area contributed by atoms with Crippen LogP contribution in [0.2, 0.25) is 0 Å². The summed E-state index contributed by atoms with van der Waals surface area (Å²) in [4.78, 5) is 24.9. The monoisotopic (exact) mass is 433 g/mol. The van der Waals surface area contributed by atoms with Crippen molar-refractivity contribution in [2.45, 2.75) is 30.6 Å². The molecular weight excluding hydrogens is 410 g/mol. The molecule has 30 heavy (non-hydrogen) atoms. The molecule has 160 valence electrons. The van der Waals surface area contributed by atoms with Crippen LogP contribution in [-0.4, -0.2) is 44.3 Å². The summed E-state index contributed by atoms with van der Waals surface area (Å²) >= 11 is 0. The Balaban J connectivity index is 1.92. The standard InChI is InChI=1S/C20H23N3O6S/c1-29-19-10-9-17(14-18(19)20(24)22-11-4-2-3-5-12-22)30(27,28)21-15-7-6-8-16(13-15)23(25)26/h6-10,13-14,21H,2-5,11-12H2,1H3.